The van der Waals surface area contributed by atoms with Gasteiger partial charge in [-0.2, -0.15) is 0 Å². The van der Waals surface area contributed by atoms with E-state index >= 15 is 0 Å². The van der Waals surface area contributed by atoms with Crippen LogP contribution in [0.25, 0.3) is 0 Å². The van der Waals surface area contributed by atoms with Gasteiger partial charge in [-0.05, 0) is 0 Å². The van der Waals surface area contributed by atoms with Gasteiger partial charge in [-0.25, -0.2) is 0 Å². The fraction of sp³-hybridized carbons (Fsp3) is 0.500. The maximum Gasteiger partial charge on any atom is 2.00 e. The minimum Gasteiger partial charge on any atom is -0.550 e. The Labute approximate surface area is 67.7 Å². The Morgan fingerprint density at radius 1 is 1.40 bits per heavy atom. The van der Waals surface area contributed by atoms with Crippen LogP contribution in [0.2, 0.25) is 0 Å². The summed E-state index contributed by atoms with van der Waals surface area (Å²) < 4.78 is 0. The van der Waals surface area contributed by atoms with Gasteiger partial charge in [0.05, 0.1) is 5.97 Å². The number of carbonyl (C=O) groups excluding carboxylic acids is 2. The van der Waals surface area contributed by atoms with Gasteiger partial charge in [0.25, 0.3) is 0 Å². The average molecular weight is 210 g/mol. The van der Waals surface area contributed by atoms with Crippen molar-refractivity contribution in [2.75, 3.05) is 0 Å². The Morgan fingerprint density at radius 2 is 1.80 bits per heavy atom. The molecule has 5 nitrogen and oxygen atoms in total. The van der Waals surface area contributed by atoms with Crippen LogP contribution in [0.4, 0.5) is 0 Å². The van der Waals surface area contributed by atoms with Crippen LogP contribution in [0.5, 0.6) is 0 Å². The van der Waals surface area contributed by atoms with Crippen LogP contribution in [0.1, 0.15) is 6.42 Å². The van der Waals surface area contributed by atoms with Gasteiger partial charge in [-0.15, -0.1) is 0 Å². The maximum absolute atomic E-state index is 9.71. The summed E-state index contributed by atoms with van der Waals surface area (Å²) in [5.74, 6) is -3.08. The van der Waals surface area contributed by atoms with E-state index in [4.69, 9.17) is 5.73 Å². The number of nitrogens with two attached hydrogens (primary N) is 1. The molecule has 0 aromatic heterocycles. The summed E-state index contributed by atoms with van der Waals surface area (Å²) in [6, 6.07) is -1.46. The van der Waals surface area contributed by atoms with Crippen molar-refractivity contribution in [2.24, 2.45) is 5.73 Å². The molecule has 0 aromatic rings. The van der Waals surface area contributed by atoms with E-state index in [-0.39, 0.29) is 17.1 Å². The number of aliphatic carboxylic acids is 2. The largest absolute Gasteiger partial charge is 2.00 e. The minimum atomic E-state index is -1.58. The fourth-order valence-electron chi connectivity index (χ4n) is 0.263. The Bertz CT molecular complexity index is 137. The first-order valence-electron chi connectivity index (χ1n) is 2.20. The first kappa shape index (κ1) is 12.1. The van der Waals surface area contributed by atoms with Crippen LogP contribution in [0.15, 0.2) is 0 Å². The molecule has 0 aliphatic carbocycles. The Morgan fingerprint density at radius 3 is 1.90 bits per heavy atom. The molecule has 0 heterocycles. The summed E-state index contributed by atoms with van der Waals surface area (Å²) in [7, 11) is 0. The first-order chi connectivity index (χ1) is 4.04. The zero-order chi connectivity index (χ0) is 7.44. The molecule has 2 N–H and O–H groups in total. The maximum atomic E-state index is 9.71. The molecule has 0 aromatic carbocycles. The molecule has 0 unspecified atom stereocenters. The average Bonchev–Trinajstić information content (AvgIpc) is 1.63. The zero-order valence-electron chi connectivity index (χ0n) is 4.90. The van der Waals surface area contributed by atoms with Crippen LogP contribution >= 0.6 is 0 Å². The predicted octanol–water partition coefficient (Wildman–Crippen LogP) is -4.18. The van der Waals surface area contributed by atoms with Gasteiger partial charge in [-0.1, -0.05) is 0 Å². The quantitative estimate of drug-likeness (QED) is 0.475. The number of carboxylic acids is 2. The van der Waals surface area contributed by atoms with Crippen LogP contribution < -0.4 is 15.9 Å². The molecular weight excluding hydrogens is 205 g/mol. The van der Waals surface area contributed by atoms with E-state index in [0.29, 0.717) is 0 Å². The van der Waals surface area contributed by atoms with Crippen molar-refractivity contribution in [3.63, 3.8) is 0 Å². The van der Waals surface area contributed by atoms with E-state index in [0.717, 1.165) is 0 Å². The number of hydrogen-bond acceptors (Lipinski definition) is 5. The molecular formula is C4H5NO4Se. The molecule has 0 aliphatic rings. The van der Waals surface area contributed by atoms with E-state index in [9.17, 15) is 19.8 Å². The van der Waals surface area contributed by atoms with Gasteiger partial charge < -0.3 is 25.5 Å². The molecule has 0 amide bonds. The number of carboxylic acid groups (broad SMARTS) is 2. The molecule has 0 rings (SSSR count). The standard InChI is InChI=1S/C4H7NO4.Se/c5-2(4(8)9)1-3(6)7;/h2H,1,5H2,(H,6,7)(H,8,9);/q;+2/p-2/t2-;/m0./s1. The van der Waals surface area contributed by atoms with Crippen LogP contribution in [0, 0.1) is 0 Å². The summed E-state index contributed by atoms with van der Waals surface area (Å²) in [6.45, 7) is 0. The third-order valence-corrected chi connectivity index (χ3v) is 0.689. The predicted molar refractivity (Wildman–Crippen MR) is 28.4 cm³/mol. The van der Waals surface area contributed by atoms with Gasteiger partial charge in [-0.3, -0.25) is 0 Å². The van der Waals surface area contributed by atoms with Crippen molar-refractivity contribution in [1.29, 1.82) is 0 Å². The molecule has 56 valence electrons. The minimum absolute atomic E-state index is 0. The monoisotopic (exact) mass is 211 g/mol. The van der Waals surface area contributed by atoms with Crippen molar-refractivity contribution in [2.45, 2.75) is 12.5 Å². The molecule has 6 heteroatoms. The molecule has 10 heavy (non-hydrogen) atoms. The molecule has 0 saturated carbocycles. The van der Waals surface area contributed by atoms with Gasteiger partial charge in [0.1, 0.15) is 0 Å². The van der Waals surface area contributed by atoms with Crippen molar-refractivity contribution < 1.29 is 19.8 Å². The summed E-state index contributed by atoms with van der Waals surface area (Å²) in [5.41, 5.74) is 4.73. The number of rotatable bonds is 3. The van der Waals surface area contributed by atoms with Crippen molar-refractivity contribution in [3.05, 3.63) is 0 Å². The third-order valence-electron chi connectivity index (χ3n) is 0.689. The normalized spacial score (nSPS) is 11.3. The van der Waals surface area contributed by atoms with Crippen molar-refractivity contribution >= 4 is 29.0 Å². The van der Waals surface area contributed by atoms with E-state index < -0.39 is 24.4 Å². The SMILES string of the molecule is N[C@@H](CC(=O)[O-])C(=O)[O-].[Se+2]. The van der Waals surface area contributed by atoms with Crippen molar-refractivity contribution in [1.82, 2.24) is 0 Å². The molecule has 0 spiro atoms. The zero-order valence-corrected chi connectivity index (χ0v) is 6.62. The third kappa shape index (κ3) is 5.55. The molecule has 0 aliphatic heterocycles. The molecule has 1 atom stereocenters. The van der Waals surface area contributed by atoms with Gasteiger partial charge in [0, 0.05) is 18.4 Å². The van der Waals surface area contributed by atoms with E-state index in [1.54, 1.807) is 0 Å². The summed E-state index contributed by atoms with van der Waals surface area (Å²) >= 11 is 0. The fourth-order valence-corrected chi connectivity index (χ4v) is 0.263. The number of hydrogen-bond donors (Lipinski definition) is 1. The second-order valence-electron chi connectivity index (χ2n) is 1.50. The van der Waals surface area contributed by atoms with Gasteiger partial charge >= 0.3 is 17.1 Å². The Balaban J connectivity index is 0. The topological polar surface area (TPSA) is 106 Å². The van der Waals surface area contributed by atoms with Gasteiger partial charge in [0.15, 0.2) is 0 Å². The molecule has 0 saturated heterocycles. The van der Waals surface area contributed by atoms with Crippen LogP contribution in [-0.4, -0.2) is 35.0 Å². The second-order valence-corrected chi connectivity index (χ2v) is 1.50. The van der Waals surface area contributed by atoms with E-state index in [1.807, 2.05) is 0 Å². The second kappa shape index (κ2) is 5.22. The van der Waals surface area contributed by atoms with Crippen LogP contribution in [0.3, 0.4) is 0 Å². The molecule has 4 radical (unpaired) electrons. The summed E-state index contributed by atoms with van der Waals surface area (Å²) in [4.78, 5) is 19.3. The van der Waals surface area contributed by atoms with Crippen molar-refractivity contribution in [3.8, 4) is 0 Å². The van der Waals surface area contributed by atoms with Gasteiger partial charge in [0.2, 0.25) is 0 Å². The molecule has 0 fully saturated rings. The Hall–Kier alpha value is -0.581. The smallest absolute Gasteiger partial charge is 0.550 e. The van der Waals surface area contributed by atoms with Crippen LogP contribution in [-0.2, 0) is 9.59 Å². The number of carbonyl (C=O) groups is 2. The first-order valence-corrected chi connectivity index (χ1v) is 2.20. The summed E-state index contributed by atoms with van der Waals surface area (Å²) in [6.07, 6.45) is -0.706. The molecule has 0 bridgehead atoms. The van der Waals surface area contributed by atoms with E-state index in [1.165, 1.54) is 0 Å². The Kier molecular flexibility index (Phi) is 6.34. The van der Waals surface area contributed by atoms with E-state index in [2.05, 4.69) is 0 Å². The summed E-state index contributed by atoms with van der Waals surface area (Å²) in [5, 5.41) is 19.3.